The lowest BCUT2D eigenvalue weighted by Crippen LogP contribution is -2.35. The Morgan fingerprint density at radius 3 is 2.25 bits per heavy atom. The molecule has 0 bridgehead atoms. The van der Waals surface area contributed by atoms with Crippen LogP contribution in [0.25, 0.3) is 0 Å². The first kappa shape index (κ1) is 19.4. The minimum Gasteiger partial charge on any atom is -0.396 e. The number of hydrogen-bond donors (Lipinski definition) is 3. The van der Waals surface area contributed by atoms with Gasteiger partial charge < -0.3 is 16.2 Å². The Morgan fingerprint density at radius 2 is 1.80 bits per heavy atom. The van der Waals surface area contributed by atoms with Crippen LogP contribution in [0, 0.1) is 16.7 Å². The van der Waals surface area contributed by atoms with Gasteiger partial charge in [-0.3, -0.25) is 4.79 Å². The predicted octanol–water partition coefficient (Wildman–Crippen LogP) is 2.30. The summed E-state index contributed by atoms with van der Waals surface area (Å²) in [5.74, 6) is 0.575. The second kappa shape index (κ2) is 8.63. The molecule has 0 rings (SSSR count). The number of aliphatic hydroxyl groups excluding tert-OH is 1. The van der Waals surface area contributed by atoms with Crippen LogP contribution in [0.5, 0.6) is 0 Å². The van der Waals surface area contributed by atoms with Crippen molar-refractivity contribution in [3.05, 3.63) is 0 Å². The highest BCUT2D eigenvalue weighted by Crippen LogP contribution is 2.32. The minimum absolute atomic E-state index is 0.0505. The molecule has 4 heteroatoms. The topological polar surface area (TPSA) is 75.3 Å². The van der Waals surface area contributed by atoms with Crippen molar-refractivity contribution in [3.63, 3.8) is 0 Å². The molecule has 0 saturated carbocycles. The van der Waals surface area contributed by atoms with Crippen molar-refractivity contribution in [2.45, 2.75) is 60.3 Å². The predicted molar refractivity (Wildman–Crippen MR) is 84.3 cm³/mol. The SMILES string of the molecule is CC(C)(CCO)CNC(=O)CCC(CCN)C(C)(C)C. The second-order valence-electron chi connectivity index (χ2n) is 7.59. The van der Waals surface area contributed by atoms with Gasteiger partial charge in [-0.25, -0.2) is 0 Å². The molecule has 0 heterocycles. The van der Waals surface area contributed by atoms with Crippen molar-refractivity contribution < 1.29 is 9.90 Å². The lowest BCUT2D eigenvalue weighted by atomic mass is 9.76. The maximum Gasteiger partial charge on any atom is 0.220 e. The van der Waals surface area contributed by atoms with Crippen molar-refractivity contribution >= 4 is 5.91 Å². The second-order valence-corrected chi connectivity index (χ2v) is 7.59. The van der Waals surface area contributed by atoms with Gasteiger partial charge >= 0.3 is 0 Å². The highest BCUT2D eigenvalue weighted by molar-refractivity contribution is 5.75. The van der Waals surface area contributed by atoms with Crippen LogP contribution in [-0.2, 0) is 4.79 Å². The molecule has 0 aliphatic heterocycles. The van der Waals surface area contributed by atoms with E-state index in [0.29, 0.717) is 31.8 Å². The van der Waals surface area contributed by atoms with Crippen LogP contribution in [-0.4, -0.2) is 30.7 Å². The smallest absolute Gasteiger partial charge is 0.220 e. The van der Waals surface area contributed by atoms with Crippen LogP contribution >= 0.6 is 0 Å². The van der Waals surface area contributed by atoms with Crippen LogP contribution in [0.1, 0.15) is 60.3 Å². The van der Waals surface area contributed by atoms with E-state index in [9.17, 15) is 4.79 Å². The Kier molecular flexibility index (Phi) is 8.36. The molecular formula is C16H34N2O2. The van der Waals surface area contributed by atoms with Gasteiger partial charge in [0.15, 0.2) is 0 Å². The number of carbonyl (C=O) groups is 1. The zero-order chi connectivity index (χ0) is 15.8. The van der Waals surface area contributed by atoms with E-state index in [0.717, 1.165) is 12.8 Å². The summed E-state index contributed by atoms with van der Waals surface area (Å²) in [5, 5.41) is 11.9. The highest BCUT2D eigenvalue weighted by atomic mass is 16.3. The molecule has 0 fully saturated rings. The lowest BCUT2D eigenvalue weighted by Gasteiger charge is -2.30. The van der Waals surface area contributed by atoms with Gasteiger partial charge in [0.25, 0.3) is 0 Å². The molecule has 0 saturated heterocycles. The fourth-order valence-electron chi connectivity index (χ4n) is 2.33. The average molecular weight is 286 g/mol. The average Bonchev–Trinajstić information content (AvgIpc) is 2.30. The van der Waals surface area contributed by atoms with E-state index in [1.54, 1.807) is 0 Å². The molecule has 4 nitrogen and oxygen atoms in total. The molecule has 0 radical (unpaired) electrons. The van der Waals surface area contributed by atoms with Crippen molar-refractivity contribution in [2.75, 3.05) is 19.7 Å². The van der Waals surface area contributed by atoms with Gasteiger partial charge in [-0.15, -0.1) is 0 Å². The molecule has 0 aromatic rings. The third-order valence-corrected chi connectivity index (χ3v) is 4.01. The van der Waals surface area contributed by atoms with E-state index in [4.69, 9.17) is 10.8 Å². The van der Waals surface area contributed by atoms with Gasteiger partial charge in [0.2, 0.25) is 5.91 Å². The molecule has 4 N–H and O–H groups in total. The van der Waals surface area contributed by atoms with Crippen LogP contribution < -0.4 is 11.1 Å². The van der Waals surface area contributed by atoms with Crippen molar-refractivity contribution in [2.24, 2.45) is 22.5 Å². The summed E-state index contributed by atoms with van der Waals surface area (Å²) in [7, 11) is 0. The Balaban J connectivity index is 4.14. The molecule has 0 spiro atoms. The largest absolute Gasteiger partial charge is 0.396 e. The highest BCUT2D eigenvalue weighted by Gasteiger charge is 2.24. The number of nitrogens with two attached hydrogens (primary N) is 1. The third kappa shape index (κ3) is 8.54. The molecule has 1 amide bonds. The Morgan fingerprint density at radius 1 is 1.20 bits per heavy atom. The third-order valence-electron chi connectivity index (χ3n) is 4.01. The van der Waals surface area contributed by atoms with Gasteiger partial charge in [0.1, 0.15) is 0 Å². The number of carbonyl (C=O) groups excluding carboxylic acids is 1. The number of nitrogens with one attached hydrogen (secondary N) is 1. The molecule has 120 valence electrons. The summed E-state index contributed by atoms with van der Waals surface area (Å²) in [5.41, 5.74) is 5.80. The summed E-state index contributed by atoms with van der Waals surface area (Å²) in [6, 6.07) is 0. The summed E-state index contributed by atoms with van der Waals surface area (Å²) in [6.45, 7) is 12.2. The molecule has 0 aliphatic carbocycles. The van der Waals surface area contributed by atoms with Crippen LogP contribution in [0.2, 0.25) is 0 Å². The van der Waals surface area contributed by atoms with Gasteiger partial charge in [0, 0.05) is 19.6 Å². The standard InChI is InChI=1S/C16H34N2O2/c1-15(2,3)13(8-10-17)6-7-14(20)18-12-16(4,5)9-11-19/h13,19H,6-12,17H2,1-5H3,(H,18,20). The summed E-state index contributed by atoms with van der Waals surface area (Å²) in [4.78, 5) is 11.9. The number of rotatable bonds is 9. The zero-order valence-electron chi connectivity index (χ0n) is 14.0. The Labute approximate surface area is 124 Å². The quantitative estimate of drug-likeness (QED) is 0.609. The van der Waals surface area contributed by atoms with Gasteiger partial charge in [-0.2, -0.15) is 0 Å². The molecule has 0 aromatic heterocycles. The molecule has 0 aromatic carbocycles. The van der Waals surface area contributed by atoms with Gasteiger partial charge in [-0.1, -0.05) is 34.6 Å². The van der Waals surface area contributed by atoms with Crippen molar-refractivity contribution in [3.8, 4) is 0 Å². The van der Waals surface area contributed by atoms with E-state index < -0.39 is 0 Å². The van der Waals surface area contributed by atoms with E-state index >= 15 is 0 Å². The monoisotopic (exact) mass is 286 g/mol. The van der Waals surface area contributed by atoms with Gasteiger partial charge in [-0.05, 0) is 42.6 Å². The van der Waals surface area contributed by atoms with Crippen LogP contribution in [0.15, 0.2) is 0 Å². The molecular weight excluding hydrogens is 252 g/mol. The number of amides is 1. The lowest BCUT2D eigenvalue weighted by molar-refractivity contribution is -0.122. The van der Waals surface area contributed by atoms with Crippen molar-refractivity contribution in [1.29, 1.82) is 0 Å². The summed E-state index contributed by atoms with van der Waals surface area (Å²) >= 11 is 0. The fourth-order valence-corrected chi connectivity index (χ4v) is 2.33. The zero-order valence-corrected chi connectivity index (χ0v) is 14.0. The summed E-state index contributed by atoms with van der Waals surface area (Å²) < 4.78 is 0. The molecule has 0 aliphatic rings. The van der Waals surface area contributed by atoms with E-state index in [1.807, 2.05) is 0 Å². The summed E-state index contributed by atoms with van der Waals surface area (Å²) in [6.07, 6.45) is 3.10. The van der Waals surface area contributed by atoms with Crippen LogP contribution in [0.4, 0.5) is 0 Å². The van der Waals surface area contributed by atoms with E-state index in [2.05, 4.69) is 39.9 Å². The Bertz CT molecular complexity index is 283. The molecule has 1 atom stereocenters. The fraction of sp³-hybridized carbons (Fsp3) is 0.938. The molecule has 1 unspecified atom stereocenters. The first-order valence-corrected chi connectivity index (χ1v) is 7.70. The first-order chi connectivity index (χ1) is 9.12. The number of hydrogen-bond acceptors (Lipinski definition) is 3. The normalized spacial score (nSPS) is 14.2. The molecule has 20 heavy (non-hydrogen) atoms. The number of aliphatic hydroxyl groups is 1. The van der Waals surface area contributed by atoms with E-state index in [1.165, 1.54) is 0 Å². The van der Waals surface area contributed by atoms with Crippen molar-refractivity contribution in [1.82, 2.24) is 5.32 Å². The van der Waals surface area contributed by atoms with Gasteiger partial charge in [0.05, 0.1) is 0 Å². The maximum atomic E-state index is 11.9. The first-order valence-electron chi connectivity index (χ1n) is 7.70. The van der Waals surface area contributed by atoms with E-state index in [-0.39, 0.29) is 23.3 Å². The Hall–Kier alpha value is -0.610. The minimum atomic E-state index is -0.0505. The maximum absolute atomic E-state index is 11.9. The van der Waals surface area contributed by atoms with Crippen LogP contribution in [0.3, 0.4) is 0 Å².